The highest BCUT2D eigenvalue weighted by atomic mass is 32.2. The number of nitrogens with zero attached hydrogens (tertiary/aromatic N) is 2. The van der Waals surface area contributed by atoms with E-state index in [1.54, 1.807) is 12.1 Å². The Hall–Kier alpha value is -1.49. The average molecular weight is 418 g/mol. The van der Waals surface area contributed by atoms with Crippen molar-refractivity contribution in [2.24, 2.45) is 5.92 Å². The van der Waals surface area contributed by atoms with E-state index in [9.17, 15) is 21.6 Å². The Morgan fingerprint density at radius 2 is 1.63 bits per heavy atom. The third-order valence-corrected chi connectivity index (χ3v) is 7.85. The van der Waals surface area contributed by atoms with Crippen LogP contribution in [0.2, 0.25) is 0 Å². The third kappa shape index (κ3) is 5.28. The summed E-state index contributed by atoms with van der Waals surface area (Å²) in [6.45, 7) is 2.46. The number of sulfone groups is 1. The molecule has 1 amide bonds. The molecule has 1 atom stereocenters. The van der Waals surface area contributed by atoms with Crippen molar-refractivity contribution in [2.75, 3.05) is 33.4 Å². The van der Waals surface area contributed by atoms with Crippen molar-refractivity contribution in [1.82, 2.24) is 13.9 Å². The molecule has 1 saturated heterocycles. The standard InChI is InChI=1S/C17H27N3O5S2/c1-13(14-5-7-16(8-6-14)26(4,22)23)18-17(21)15-9-11-20(12-10-15)27(24,25)19(2)3/h5-8,13,15H,9-12H2,1-4H3,(H,18,21). The molecule has 1 aliphatic heterocycles. The van der Waals surface area contributed by atoms with Gasteiger partial charge in [0.1, 0.15) is 0 Å². The topological polar surface area (TPSA) is 104 Å². The molecule has 8 nitrogen and oxygen atoms in total. The maximum Gasteiger partial charge on any atom is 0.281 e. The molecule has 1 aromatic rings. The number of nitrogens with one attached hydrogen (secondary N) is 1. The summed E-state index contributed by atoms with van der Waals surface area (Å²) in [5, 5.41) is 2.93. The maximum atomic E-state index is 12.5. The minimum absolute atomic E-state index is 0.114. The van der Waals surface area contributed by atoms with Crippen LogP contribution in [0.4, 0.5) is 0 Å². The molecular weight excluding hydrogens is 390 g/mol. The van der Waals surface area contributed by atoms with Gasteiger partial charge in [-0.15, -0.1) is 0 Å². The van der Waals surface area contributed by atoms with Crippen LogP contribution >= 0.6 is 0 Å². The number of piperidine rings is 1. The molecule has 0 saturated carbocycles. The SMILES string of the molecule is CC(NC(=O)C1CCN(S(=O)(=O)N(C)C)CC1)c1ccc(S(C)(=O)=O)cc1. The average Bonchev–Trinajstić information content (AvgIpc) is 2.61. The first-order valence-electron chi connectivity index (χ1n) is 8.71. The first-order chi connectivity index (χ1) is 12.4. The number of carbonyl (C=O) groups excluding carboxylic acids is 1. The normalized spacial score (nSPS) is 18.4. The van der Waals surface area contributed by atoms with Crippen LogP contribution in [-0.4, -0.2) is 64.8 Å². The Kier molecular flexibility index (Phi) is 6.67. The molecule has 0 spiro atoms. The zero-order valence-electron chi connectivity index (χ0n) is 16.0. The molecule has 0 aliphatic carbocycles. The Labute approximate surface area is 161 Å². The van der Waals surface area contributed by atoms with Crippen LogP contribution in [-0.2, 0) is 24.8 Å². The minimum atomic E-state index is -3.45. The van der Waals surface area contributed by atoms with Gasteiger partial charge in [-0.05, 0) is 37.5 Å². The molecule has 0 bridgehead atoms. The largest absolute Gasteiger partial charge is 0.349 e. The van der Waals surface area contributed by atoms with Gasteiger partial charge < -0.3 is 5.32 Å². The van der Waals surface area contributed by atoms with E-state index < -0.39 is 20.0 Å². The van der Waals surface area contributed by atoms with E-state index in [0.717, 1.165) is 11.8 Å². The van der Waals surface area contributed by atoms with Gasteiger partial charge in [-0.3, -0.25) is 4.79 Å². The quantitative estimate of drug-likeness (QED) is 0.737. The molecule has 2 rings (SSSR count). The van der Waals surface area contributed by atoms with E-state index in [1.807, 2.05) is 6.92 Å². The van der Waals surface area contributed by atoms with Gasteiger partial charge in [-0.1, -0.05) is 12.1 Å². The Morgan fingerprint density at radius 3 is 2.07 bits per heavy atom. The van der Waals surface area contributed by atoms with Crippen molar-refractivity contribution in [1.29, 1.82) is 0 Å². The summed E-state index contributed by atoms with van der Waals surface area (Å²) >= 11 is 0. The minimum Gasteiger partial charge on any atom is -0.349 e. The van der Waals surface area contributed by atoms with Gasteiger partial charge in [0, 0.05) is 39.4 Å². The zero-order chi connectivity index (χ0) is 20.4. The first kappa shape index (κ1) is 21.8. The highest BCUT2D eigenvalue weighted by Crippen LogP contribution is 2.22. The van der Waals surface area contributed by atoms with Crippen molar-refractivity contribution < 1.29 is 21.6 Å². The van der Waals surface area contributed by atoms with Crippen LogP contribution in [0.1, 0.15) is 31.4 Å². The van der Waals surface area contributed by atoms with E-state index >= 15 is 0 Å². The molecule has 0 aromatic heterocycles. The van der Waals surface area contributed by atoms with Gasteiger partial charge in [0.05, 0.1) is 10.9 Å². The lowest BCUT2D eigenvalue weighted by Gasteiger charge is -2.32. The van der Waals surface area contributed by atoms with Crippen LogP contribution in [0.5, 0.6) is 0 Å². The number of hydrogen-bond donors (Lipinski definition) is 1. The van der Waals surface area contributed by atoms with Gasteiger partial charge in [0.2, 0.25) is 5.91 Å². The van der Waals surface area contributed by atoms with E-state index in [2.05, 4.69) is 5.32 Å². The Morgan fingerprint density at radius 1 is 1.11 bits per heavy atom. The number of hydrogen-bond acceptors (Lipinski definition) is 5. The molecule has 10 heteroatoms. The van der Waals surface area contributed by atoms with Crippen molar-refractivity contribution in [3.8, 4) is 0 Å². The lowest BCUT2D eigenvalue weighted by Crippen LogP contribution is -2.47. The van der Waals surface area contributed by atoms with Gasteiger partial charge >= 0.3 is 0 Å². The number of rotatable bonds is 6. The summed E-state index contributed by atoms with van der Waals surface area (Å²) in [7, 11) is -3.72. The van der Waals surface area contributed by atoms with Crippen molar-refractivity contribution in [3.05, 3.63) is 29.8 Å². The highest BCUT2D eigenvalue weighted by Gasteiger charge is 2.32. The van der Waals surface area contributed by atoms with Crippen LogP contribution in [0.15, 0.2) is 29.2 Å². The third-order valence-electron chi connectivity index (χ3n) is 4.78. The number of carbonyl (C=O) groups is 1. The molecule has 27 heavy (non-hydrogen) atoms. The molecule has 1 heterocycles. The summed E-state index contributed by atoms with van der Waals surface area (Å²) in [5.41, 5.74) is 0.809. The fraction of sp³-hybridized carbons (Fsp3) is 0.588. The molecule has 1 N–H and O–H groups in total. The van der Waals surface area contributed by atoms with Crippen LogP contribution in [0.25, 0.3) is 0 Å². The Bertz CT molecular complexity index is 872. The van der Waals surface area contributed by atoms with Gasteiger partial charge in [-0.2, -0.15) is 17.0 Å². The molecule has 1 aliphatic rings. The molecule has 1 unspecified atom stereocenters. The zero-order valence-corrected chi connectivity index (χ0v) is 17.7. The predicted octanol–water partition coefficient (Wildman–Crippen LogP) is 0.786. The summed E-state index contributed by atoms with van der Waals surface area (Å²) in [6.07, 6.45) is 2.09. The fourth-order valence-electron chi connectivity index (χ4n) is 3.00. The predicted molar refractivity (Wildman–Crippen MR) is 103 cm³/mol. The van der Waals surface area contributed by atoms with E-state index in [-0.39, 0.29) is 22.8 Å². The van der Waals surface area contributed by atoms with Crippen molar-refractivity contribution in [2.45, 2.75) is 30.7 Å². The summed E-state index contributed by atoms with van der Waals surface area (Å²) in [4.78, 5) is 12.7. The number of benzene rings is 1. The second kappa shape index (κ2) is 8.26. The van der Waals surface area contributed by atoms with E-state index in [1.165, 1.54) is 34.8 Å². The maximum absolute atomic E-state index is 12.5. The second-order valence-electron chi connectivity index (χ2n) is 7.03. The highest BCUT2D eigenvalue weighted by molar-refractivity contribution is 7.90. The smallest absolute Gasteiger partial charge is 0.281 e. The van der Waals surface area contributed by atoms with Crippen LogP contribution < -0.4 is 5.32 Å². The molecule has 1 aromatic carbocycles. The van der Waals surface area contributed by atoms with Gasteiger partial charge in [0.15, 0.2) is 9.84 Å². The van der Waals surface area contributed by atoms with Crippen molar-refractivity contribution in [3.63, 3.8) is 0 Å². The lowest BCUT2D eigenvalue weighted by molar-refractivity contribution is -0.126. The Balaban J connectivity index is 1.94. The van der Waals surface area contributed by atoms with E-state index in [0.29, 0.717) is 25.9 Å². The number of amides is 1. The molecule has 1 fully saturated rings. The first-order valence-corrected chi connectivity index (χ1v) is 12.0. The van der Waals surface area contributed by atoms with Gasteiger partial charge in [0.25, 0.3) is 10.2 Å². The van der Waals surface area contributed by atoms with Crippen LogP contribution in [0, 0.1) is 5.92 Å². The summed E-state index contributed by atoms with van der Waals surface area (Å²) in [6, 6.07) is 6.16. The fourth-order valence-corrected chi connectivity index (χ4v) is 4.76. The van der Waals surface area contributed by atoms with E-state index in [4.69, 9.17) is 0 Å². The van der Waals surface area contributed by atoms with Gasteiger partial charge in [-0.25, -0.2) is 8.42 Å². The molecule has 152 valence electrons. The molecular formula is C17H27N3O5S2. The van der Waals surface area contributed by atoms with Crippen LogP contribution in [0.3, 0.4) is 0 Å². The summed E-state index contributed by atoms with van der Waals surface area (Å²) < 4.78 is 49.9. The monoisotopic (exact) mass is 417 g/mol. The lowest BCUT2D eigenvalue weighted by atomic mass is 9.96. The van der Waals surface area contributed by atoms with Crippen molar-refractivity contribution >= 4 is 26.0 Å². The summed E-state index contributed by atoms with van der Waals surface area (Å²) in [5.74, 6) is -0.354. The molecule has 0 radical (unpaired) electrons. The second-order valence-corrected chi connectivity index (χ2v) is 11.2.